The molecule has 0 bridgehead atoms. The quantitative estimate of drug-likeness (QED) is 0.122. The van der Waals surface area contributed by atoms with Crippen molar-refractivity contribution >= 4 is 34.6 Å². The predicted molar refractivity (Wildman–Crippen MR) is 180 cm³/mol. The fourth-order valence-corrected chi connectivity index (χ4v) is 6.41. The number of alkyl halides is 6. The van der Waals surface area contributed by atoms with Crippen molar-refractivity contribution in [1.82, 2.24) is 9.80 Å². The zero-order valence-electron chi connectivity index (χ0n) is 27.2. The van der Waals surface area contributed by atoms with E-state index in [0.717, 1.165) is 34.0 Å². The monoisotopic (exact) mass is 684 g/mol. The van der Waals surface area contributed by atoms with Crippen LogP contribution in [0.3, 0.4) is 0 Å². The highest BCUT2D eigenvalue weighted by Gasteiger charge is 2.41. The van der Waals surface area contributed by atoms with E-state index in [1.807, 2.05) is 74.2 Å². The number of benzene rings is 4. The van der Waals surface area contributed by atoms with Gasteiger partial charge in [0.15, 0.2) is 0 Å². The number of hydrogen-bond donors (Lipinski definition) is 0. The molecular formula is C37H35ClF6N4. The van der Waals surface area contributed by atoms with Crippen molar-refractivity contribution in [2.45, 2.75) is 53.4 Å². The van der Waals surface area contributed by atoms with Gasteiger partial charge in [-0.3, -0.25) is 0 Å². The molecule has 1 aliphatic rings. The van der Waals surface area contributed by atoms with Crippen molar-refractivity contribution in [3.05, 3.63) is 128 Å². The number of amidine groups is 2. The van der Waals surface area contributed by atoms with Crippen molar-refractivity contribution in [3.8, 4) is 0 Å². The normalized spacial score (nSPS) is 14.9. The van der Waals surface area contributed by atoms with Crippen molar-refractivity contribution in [3.63, 3.8) is 0 Å². The number of rotatable bonds is 4. The van der Waals surface area contributed by atoms with Gasteiger partial charge in [-0.25, -0.2) is 9.98 Å². The zero-order chi connectivity index (χ0) is 35.0. The summed E-state index contributed by atoms with van der Waals surface area (Å²) in [5, 5.41) is 0.221. The van der Waals surface area contributed by atoms with Crippen LogP contribution >= 0.6 is 11.6 Å². The molecule has 0 amide bonds. The summed E-state index contributed by atoms with van der Waals surface area (Å²) in [5.74, 6) is 0.494. The van der Waals surface area contributed by atoms with Crippen molar-refractivity contribution in [2.24, 2.45) is 9.98 Å². The third-order valence-electron chi connectivity index (χ3n) is 8.29. The number of aliphatic imine (C=N–C) groups is 2. The van der Waals surface area contributed by atoms with Crippen LogP contribution in [0.4, 0.5) is 37.7 Å². The van der Waals surface area contributed by atoms with E-state index in [1.165, 1.54) is 6.92 Å². The number of aryl methyl sites for hydroxylation is 5. The zero-order valence-corrected chi connectivity index (χ0v) is 27.9. The van der Waals surface area contributed by atoms with Crippen LogP contribution in [0.5, 0.6) is 0 Å². The Morgan fingerprint density at radius 1 is 0.646 bits per heavy atom. The topological polar surface area (TPSA) is 31.2 Å². The minimum Gasteiger partial charge on any atom is -0.338 e. The number of para-hydroxylation sites is 1. The van der Waals surface area contributed by atoms with Crippen LogP contribution < -0.4 is 0 Å². The van der Waals surface area contributed by atoms with Gasteiger partial charge in [-0.1, -0.05) is 66.2 Å². The predicted octanol–water partition coefficient (Wildman–Crippen LogP) is 10.7. The lowest BCUT2D eigenvalue weighted by atomic mass is 9.95. The molecule has 4 aromatic carbocycles. The first kappa shape index (κ1) is 35.0. The second-order valence-corrected chi connectivity index (χ2v) is 12.5. The minimum absolute atomic E-state index is 0.0672. The molecule has 0 aliphatic carbocycles. The summed E-state index contributed by atoms with van der Waals surface area (Å²) in [5.41, 5.74) is 1.76. The SMILES string of the molecule is Cc1cc(C)c(N=C(c2c(C)cc(C(F)(F)F)cc2C(F)(F)F)N2CCCN(C(=Nc3c(C)cccc3C)c3ccccc3)C2)c(Cl)c1. The Balaban J connectivity index is 1.73. The molecule has 4 aromatic rings. The van der Waals surface area contributed by atoms with Crippen LogP contribution in [-0.2, 0) is 12.4 Å². The molecule has 252 valence electrons. The fraction of sp³-hybridized carbons (Fsp3) is 0.297. The van der Waals surface area contributed by atoms with Gasteiger partial charge in [0.1, 0.15) is 11.7 Å². The Labute approximate surface area is 281 Å². The highest BCUT2D eigenvalue weighted by molar-refractivity contribution is 6.33. The van der Waals surface area contributed by atoms with Crippen LogP contribution in [0.1, 0.15) is 56.5 Å². The third-order valence-corrected chi connectivity index (χ3v) is 8.58. The molecule has 4 nitrogen and oxygen atoms in total. The molecule has 0 spiro atoms. The minimum atomic E-state index is -5.11. The highest BCUT2D eigenvalue weighted by atomic mass is 35.5. The maximum absolute atomic E-state index is 14.7. The first-order valence-corrected chi connectivity index (χ1v) is 15.8. The average molecular weight is 685 g/mol. The maximum atomic E-state index is 14.7. The molecule has 1 heterocycles. The molecule has 0 N–H and O–H groups in total. The molecule has 0 unspecified atom stereocenters. The fourth-order valence-electron chi connectivity index (χ4n) is 6.05. The maximum Gasteiger partial charge on any atom is 0.417 e. The average Bonchev–Trinajstić information content (AvgIpc) is 3.00. The standard InChI is InChI=1S/C37H35ClF6N4/c1-22-17-26(5)33(30(38)18-22)46-35(31-25(4)19-28(36(39,40)41)20-29(31)37(42,43)44)48-16-10-15-47(21-48)34(27-13-7-6-8-14-27)45-32-23(2)11-9-12-24(32)3/h6-9,11-14,17-20H,10,15-16,21H2,1-5H3. The second kappa shape index (κ2) is 13.7. The molecule has 5 rings (SSSR count). The van der Waals surface area contributed by atoms with E-state index >= 15 is 0 Å². The van der Waals surface area contributed by atoms with E-state index in [-0.39, 0.29) is 34.8 Å². The van der Waals surface area contributed by atoms with Crippen LogP contribution in [0, 0.1) is 34.6 Å². The summed E-state index contributed by atoms with van der Waals surface area (Å²) in [6.45, 7) is 9.63. The third kappa shape index (κ3) is 7.54. The first-order valence-electron chi connectivity index (χ1n) is 15.4. The lowest BCUT2D eigenvalue weighted by Gasteiger charge is -2.40. The lowest BCUT2D eigenvalue weighted by Crippen LogP contribution is -2.50. The van der Waals surface area contributed by atoms with Gasteiger partial charge in [0.05, 0.1) is 34.2 Å². The van der Waals surface area contributed by atoms with E-state index < -0.39 is 29.0 Å². The second-order valence-electron chi connectivity index (χ2n) is 12.1. The van der Waals surface area contributed by atoms with Gasteiger partial charge in [-0.2, -0.15) is 26.3 Å². The van der Waals surface area contributed by atoms with Crippen LogP contribution in [0.25, 0.3) is 0 Å². The van der Waals surface area contributed by atoms with Gasteiger partial charge in [0, 0.05) is 24.2 Å². The largest absolute Gasteiger partial charge is 0.417 e. The number of nitrogens with zero attached hydrogens (tertiary/aromatic N) is 4. The van der Waals surface area contributed by atoms with E-state index in [0.29, 0.717) is 30.9 Å². The summed E-state index contributed by atoms with van der Waals surface area (Å²) < 4.78 is 85.6. The molecule has 0 atom stereocenters. The Morgan fingerprint density at radius 3 is 1.83 bits per heavy atom. The van der Waals surface area contributed by atoms with E-state index in [1.54, 1.807) is 24.0 Å². The van der Waals surface area contributed by atoms with Crippen LogP contribution in [-0.4, -0.2) is 41.2 Å². The van der Waals surface area contributed by atoms with Gasteiger partial charge in [0.25, 0.3) is 0 Å². The van der Waals surface area contributed by atoms with E-state index in [2.05, 4.69) is 0 Å². The summed E-state index contributed by atoms with van der Waals surface area (Å²) in [4.78, 5) is 13.5. The smallest absolute Gasteiger partial charge is 0.338 e. The molecule has 0 radical (unpaired) electrons. The number of hydrogen-bond acceptors (Lipinski definition) is 2. The summed E-state index contributed by atoms with van der Waals surface area (Å²) >= 11 is 6.61. The molecule has 48 heavy (non-hydrogen) atoms. The molecule has 1 saturated heterocycles. The van der Waals surface area contributed by atoms with Gasteiger partial charge >= 0.3 is 12.4 Å². The van der Waals surface area contributed by atoms with Crippen LogP contribution in [0.15, 0.2) is 82.8 Å². The van der Waals surface area contributed by atoms with Crippen LogP contribution in [0.2, 0.25) is 5.02 Å². The van der Waals surface area contributed by atoms with E-state index in [4.69, 9.17) is 21.6 Å². The van der Waals surface area contributed by atoms with Crippen molar-refractivity contribution in [1.29, 1.82) is 0 Å². The lowest BCUT2D eigenvalue weighted by molar-refractivity contribution is -0.143. The van der Waals surface area contributed by atoms with Crippen molar-refractivity contribution in [2.75, 3.05) is 19.8 Å². The van der Waals surface area contributed by atoms with Gasteiger partial charge < -0.3 is 9.80 Å². The molecular weight excluding hydrogens is 650 g/mol. The summed E-state index contributed by atoms with van der Waals surface area (Å²) in [7, 11) is 0. The van der Waals surface area contributed by atoms with Gasteiger partial charge in [-0.15, -0.1) is 0 Å². The van der Waals surface area contributed by atoms with Gasteiger partial charge in [-0.05, 0) is 87.1 Å². The summed E-state index contributed by atoms with van der Waals surface area (Å²) in [6, 6.07) is 19.7. The van der Waals surface area contributed by atoms with Crippen molar-refractivity contribution < 1.29 is 26.3 Å². The Kier molecular flexibility index (Phi) is 9.97. The Morgan fingerprint density at radius 2 is 1.25 bits per heavy atom. The molecule has 0 saturated carbocycles. The molecule has 1 aliphatic heterocycles. The number of halogens is 7. The molecule has 11 heteroatoms. The Bertz CT molecular complexity index is 1840. The molecule has 1 fully saturated rings. The van der Waals surface area contributed by atoms with E-state index in [9.17, 15) is 26.3 Å². The Hall–Kier alpha value is -4.31. The van der Waals surface area contributed by atoms with Gasteiger partial charge in [0.2, 0.25) is 0 Å². The first-order chi connectivity index (χ1) is 22.5. The summed E-state index contributed by atoms with van der Waals surface area (Å²) in [6.07, 6.45) is -9.57. The highest BCUT2D eigenvalue weighted by Crippen LogP contribution is 2.41. The molecule has 0 aromatic heterocycles.